The van der Waals surface area contributed by atoms with Gasteiger partial charge in [0.15, 0.2) is 0 Å². The molecule has 0 fully saturated rings. The minimum absolute atomic E-state index is 0.135. The molecule has 0 saturated heterocycles. The lowest BCUT2D eigenvalue weighted by molar-refractivity contribution is 0.475. The Morgan fingerprint density at radius 3 is 1.18 bits per heavy atom. The molecular weight excluding hydrogens is 629 g/mol. The molecule has 2 aliphatic carbocycles. The highest BCUT2D eigenvalue weighted by Gasteiger charge is 2.37. The Labute approximate surface area is 313 Å². The molecule has 0 bridgehead atoms. The van der Waals surface area contributed by atoms with Gasteiger partial charge in [-0.2, -0.15) is 0 Å². The molecule has 0 aliphatic heterocycles. The molecule has 2 atom stereocenters. The number of aryl methyl sites for hydroxylation is 6. The molecule has 0 radical (unpaired) electrons. The highest BCUT2D eigenvalue weighted by molar-refractivity contribution is 6.36. The molecule has 0 spiro atoms. The van der Waals surface area contributed by atoms with E-state index in [1.807, 2.05) is 0 Å². The van der Waals surface area contributed by atoms with Crippen LogP contribution in [0.25, 0.3) is 34.4 Å². The van der Waals surface area contributed by atoms with Crippen LogP contribution in [-0.2, 0) is 12.8 Å². The zero-order valence-corrected chi connectivity index (χ0v) is 35.4. The van der Waals surface area contributed by atoms with Crippen molar-refractivity contribution in [1.29, 1.82) is 0 Å². The second-order valence-corrected chi connectivity index (χ2v) is 20.1. The van der Waals surface area contributed by atoms with Crippen molar-refractivity contribution in [2.75, 3.05) is 0 Å². The highest BCUT2D eigenvalue weighted by Crippen LogP contribution is 2.53. The maximum atomic E-state index is 2.64. The summed E-state index contributed by atoms with van der Waals surface area (Å²) in [6.07, 6.45) is 9.86. The highest BCUT2D eigenvalue weighted by atomic mass is 28.2. The molecule has 0 N–H and O–H groups in total. The summed E-state index contributed by atoms with van der Waals surface area (Å²) < 4.78 is 0. The second kappa shape index (κ2) is 14.5. The third kappa shape index (κ3) is 7.57. The van der Waals surface area contributed by atoms with Gasteiger partial charge in [0.1, 0.15) is 0 Å². The van der Waals surface area contributed by atoms with E-state index in [-0.39, 0.29) is 10.8 Å². The van der Waals surface area contributed by atoms with Gasteiger partial charge in [0, 0.05) is 21.4 Å². The van der Waals surface area contributed by atoms with Crippen LogP contribution in [0.4, 0.5) is 0 Å². The summed E-state index contributed by atoms with van der Waals surface area (Å²) in [4.78, 5) is 0. The average molecular weight is 693 g/mol. The number of fused-ring (bicyclic) bond motifs is 2. The summed E-state index contributed by atoms with van der Waals surface area (Å²) in [5.74, 6) is 1.04. The van der Waals surface area contributed by atoms with Gasteiger partial charge in [0.05, 0.1) is 0 Å². The predicted octanol–water partition coefficient (Wildman–Crippen LogP) is 13.9. The van der Waals surface area contributed by atoms with Crippen molar-refractivity contribution in [2.45, 2.75) is 133 Å². The third-order valence-corrected chi connectivity index (χ3v) is 13.6. The Hall–Kier alpha value is -3.42. The monoisotopic (exact) mass is 692 g/mol. The quantitative estimate of drug-likeness (QED) is 0.145. The van der Waals surface area contributed by atoms with Gasteiger partial charge in [-0.15, -0.1) is 0 Å². The van der Waals surface area contributed by atoms with Crippen LogP contribution >= 0.6 is 0 Å². The molecule has 2 aliphatic rings. The van der Waals surface area contributed by atoms with Crippen molar-refractivity contribution in [2.24, 2.45) is 10.8 Å². The van der Waals surface area contributed by atoms with E-state index < -0.39 is 9.52 Å². The molecule has 1 heteroatoms. The number of rotatable bonds is 10. The molecule has 4 aromatic rings. The zero-order valence-electron chi connectivity index (χ0n) is 34.0. The molecule has 0 heterocycles. The van der Waals surface area contributed by atoms with E-state index >= 15 is 0 Å². The summed E-state index contributed by atoms with van der Waals surface area (Å²) in [6.45, 7) is 28.3. The van der Waals surface area contributed by atoms with Crippen molar-refractivity contribution < 1.29 is 0 Å². The van der Waals surface area contributed by atoms with E-state index in [1.54, 1.807) is 22.3 Å². The summed E-state index contributed by atoms with van der Waals surface area (Å²) in [6, 6.07) is 27.0. The first kappa shape index (κ1) is 37.3. The molecule has 0 saturated carbocycles. The summed E-state index contributed by atoms with van der Waals surface area (Å²) in [7, 11) is -0.402. The van der Waals surface area contributed by atoms with E-state index in [0.717, 1.165) is 12.8 Å². The molecule has 4 aromatic carbocycles. The molecule has 0 amide bonds. The van der Waals surface area contributed by atoms with Crippen molar-refractivity contribution in [3.8, 4) is 22.3 Å². The molecular formula is C50H64Si. The number of allylic oxidation sites excluding steroid dienone is 2. The second-order valence-electron chi connectivity index (χ2n) is 18.2. The summed E-state index contributed by atoms with van der Waals surface area (Å²) in [5.41, 5.74) is 24.0. The van der Waals surface area contributed by atoms with Crippen LogP contribution in [0.1, 0.15) is 136 Å². The Morgan fingerprint density at radius 1 is 0.510 bits per heavy atom. The van der Waals surface area contributed by atoms with Crippen LogP contribution in [-0.4, -0.2) is 9.52 Å². The van der Waals surface area contributed by atoms with E-state index in [1.165, 1.54) is 91.7 Å². The minimum Gasteiger partial charge on any atom is -0.0651 e. The van der Waals surface area contributed by atoms with Gasteiger partial charge in [-0.3, -0.25) is 0 Å². The Bertz CT molecular complexity index is 1820. The molecule has 0 nitrogen and oxygen atoms in total. The SMILES string of the molecule is CCCc1ccc2c(c1-c1cc(C)cc(C)c1)C=C(C(C)(C)C)C2C[SiH2]CC1C(C(C)(C)C)=Cc2c1ccc(CCC)c2-c1cc(C)cc(C)c1. The van der Waals surface area contributed by atoms with Crippen LogP contribution in [0, 0.1) is 38.5 Å². The molecule has 6 rings (SSSR count). The molecule has 2 unspecified atom stereocenters. The Kier molecular flexibility index (Phi) is 10.6. The third-order valence-electron chi connectivity index (χ3n) is 11.6. The molecule has 51 heavy (non-hydrogen) atoms. The van der Waals surface area contributed by atoms with Crippen LogP contribution < -0.4 is 0 Å². The maximum absolute atomic E-state index is 2.64. The first-order valence-electron chi connectivity index (χ1n) is 20.0. The Balaban J connectivity index is 1.38. The summed E-state index contributed by atoms with van der Waals surface area (Å²) in [5, 5.41) is 0. The van der Waals surface area contributed by atoms with Gasteiger partial charge in [0.25, 0.3) is 0 Å². The van der Waals surface area contributed by atoms with Crippen molar-refractivity contribution >= 4 is 21.7 Å². The van der Waals surface area contributed by atoms with Crippen molar-refractivity contribution in [3.05, 3.63) is 127 Å². The molecule has 0 aromatic heterocycles. The van der Waals surface area contributed by atoms with E-state index in [9.17, 15) is 0 Å². The normalized spacial score (nSPS) is 17.3. The first-order valence-corrected chi connectivity index (χ1v) is 22.0. The number of benzene rings is 4. The standard InChI is InChI=1S/C50H64Si/c1-13-15-35-17-19-39-41(47(35)37-23-31(3)21-32(4)24-37)27-45(49(7,8)9)43(39)29-51-30-44-40-20-18-36(16-14-2)48(38-25-33(5)22-34(6)26-38)42(40)28-46(44)50(10,11)12/h17-28,43-44H,13-16,29-30,51H2,1-12H3. The van der Waals surface area contributed by atoms with Crippen LogP contribution in [0.15, 0.2) is 71.8 Å². The smallest absolute Gasteiger partial charge is 0.0218 e. The summed E-state index contributed by atoms with van der Waals surface area (Å²) >= 11 is 0. The van der Waals surface area contributed by atoms with Crippen LogP contribution in [0.2, 0.25) is 12.1 Å². The number of hydrogen-bond donors (Lipinski definition) is 0. The van der Waals surface area contributed by atoms with Crippen LogP contribution in [0.3, 0.4) is 0 Å². The topological polar surface area (TPSA) is 0 Å². The lowest BCUT2D eigenvalue weighted by Gasteiger charge is -2.30. The van der Waals surface area contributed by atoms with E-state index in [0.29, 0.717) is 11.8 Å². The number of hydrogen-bond acceptors (Lipinski definition) is 0. The fourth-order valence-electron chi connectivity index (χ4n) is 9.63. The van der Waals surface area contributed by atoms with Gasteiger partial charge in [-0.1, -0.05) is 187 Å². The fraction of sp³-hybridized carbons (Fsp3) is 0.440. The van der Waals surface area contributed by atoms with Gasteiger partial charge in [-0.25, -0.2) is 0 Å². The maximum Gasteiger partial charge on any atom is 0.0218 e. The largest absolute Gasteiger partial charge is 0.0651 e. The lowest BCUT2D eigenvalue weighted by atomic mass is 9.79. The van der Waals surface area contributed by atoms with E-state index in [2.05, 4.69) is 156 Å². The zero-order chi connectivity index (χ0) is 36.8. The van der Waals surface area contributed by atoms with Crippen LogP contribution in [0.5, 0.6) is 0 Å². The first-order chi connectivity index (χ1) is 24.1. The van der Waals surface area contributed by atoms with Gasteiger partial charge in [-0.05, 0) is 107 Å². The minimum atomic E-state index is -0.402. The van der Waals surface area contributed by atoms with Gasteiger partial charge >= 0.3 is 0 Å². The van der Waals surface area contributed by atoms with E-state index in [4.69, 9.17) is 0 Å². The molecule has 268 valence electrons. The Morgan fingerprint density at radius 2 is 0.863 bits per heavy atom. The lowest BCUT2D eigenvalue weighted by Crippen LogP contribution is -2.18. The predicted molar refractivity (Wildman–Crippen MR) is 229 cm³/mol. The van der Waals surface area contributed by atoms with Crippen molar-refractivity contribution in [1.82, 2.24) is 0 Å². The van der Waals surface area contributed by atoms with Gasteiger partial charge < -0.3 is 0 Å². The fourth-order valence-corrected chi connectivity index (χ4v) is 11.9. The average Bonchev–Trinajstić information content (AvgIpc) is 3.59. The van der Waals surface area contributed by atoms with Crippen molar-refractivity contribution in [3.63, 3.8) is 0 Å². The van der Waals surface area contributed by atoms with Gasteiger partial charge in [0.2, 0.25) is 0 Å².